The number of hydrogen-bond donors (Lipinski definition) is 1. The zero-order chi connectivity index (χ0) is 27.2. The molecule has 1 N–H and O–H groups in total. The second-order valence-electron chi connectivity index (χ2n) is 9.09. The van der Waals surface area contributed by atoms with Gasteiger partial charge >= 0.3 is 0 Å². The van der Waals surface area contributed by atoms with Gasteiger partial charge in [-0.2, -0.15) is 0 Å². The summed E-state index contributed by atoms with van der Waals surface area (Å²) in [7, 11) is -1.02. The third-order valence-electron chi connectivity index (χ3n) is 6.50. The van der Waals surface area contributed by atoms with Crippen molar-refractivity contribution in [3.05, 3.63) is 53.1 Å². The molecule has 37 heavy (non-hydrogen) atoms. The van der Waals surface area contributed by atoms with Crippen molar-refractivity contribution in [1.29, 1.82) is 0 Å². The smallest absolute Gasteiger partial charge is 0.244 e. The van der Waals surface area contributed by atoms with Crippen molar-refractivity contribution in [1.82, 2.24) is 10.2 Å². The van der Waals surface area contributed by atoms with Gasteiger partial charge in [0.25, 0.3) is 0 Å². The van der Waals surface area contributed by atoms with Crippen molar-refractivity contribution in [3.63, 3.8) is 0 Å². The fourth-order valence-electron chi connectivity index (χ4n) is 4.37. The summed E-state index contributed by atoms with van der Waals surface area (Å²) < 4.78 is 37.2. The summed E-state index contributed by atoms with van der Waals surface area (Å²) in [5.41, 5.74) is 0.825. The molecule has 0 radical (unpaired) electrons. The number of methoxy groups -OCH3 is 2. The lowest BCUT2D eigenvalue weighted by Gasteiger charge is -2.32. The Morgan fingerprint density at radius 1 is 1.11 bits per heavy atom. The molecule has 0 saturated heterocycles. The fourth-order valence-corrected chi connectivity index (χ4v) is 5.42. The summed E-state index contributed by atoms with van der Waals surface area (Å²) in [6.07, 6.45) is 4.91. The van der Waals surface area contributed by atoms with Crippen LogP contribution in [0.2, 0.25) is 5.02 Å². The number of ether oxygens (including phenoxy) is 2. The van der Waals surface area contributed by atoms with E-state index in [1.807, 2.05) is 0 Å². The van der Waals surface area contributed by atoms with Gasteiger partial charge in [0.1, 0.15) is 24.1 Å². The number of amides is 2. The maximum atomic E-state index is 13.7. The topological polar surface area (TPSA) is 105 Å². The molecule has 0 aromatic heterocycles. The van der Waals surface area contributed by atoms with Gasteiger partial charge in [-0.25, -0.2) is 8.42 Å². The van der Waals surface area contributed by atoms with Crippen molar-refractivity contribution in [3.8, 4) is 11.5 Å². The Labute approximate surface area is 223 Å². The highest BCUT2D eigenvalue weighted by Gasteiger charge is 2.32. The molecule has 9 nitrogen and oxygen atoms in total. The second kappa shape index (κ2) is 12.5. The Morgan fingerprint density at radius 2 is 1.78 bits per heavy atom. The minimum absolute atomic E-state index is 0.0368. The molecule has 1 aliphatic rings. The number of sulfonamides is 1. The normalized spacial score (nSPS) is 14.6. The SMILES string of the molecule is COc1ccc(N(CC(=O)N(Cc2ccccc2Cl)[C@@H](C)C(=O)NC2CCCC2)S(C)(=O)=O)c(OC)c1. The van der Waals surface area contributed by atoms with Crippen LogP contribution in [0.3, 0.4) is 0 Å². The van der Waals surface area contributed by atoms with E-state index in [1.54, 1.807) is 37.3 Å². The zero-order valence-corrected chi connectivity index (χ0v) is 23.1. The Bertz CT molecular complexity index is 1220. The first-order valence-corrected chi connectivity index (χ1v) is 14.3. The Hall–Kier alpha value is -2.98. The van der Waals surface area contributed by atoms with Crippen molar-refractivity contribution in [2.24, 2.45) is 0 Å². The summed E-state index contributed by atoms with van der Waals surface area (Å²) in [4.78, 5) is 28.2. The van der Waals surface area contributed by atoms with Gasteiger partial charge in [0.15, 0.2) is 0 Å². The molecule has 0 aliphatic heterocycles. The first kappa shape index (κ1) is 28.6. The Kier molecular flexibility index (Phi) is 9.67. The molecule has 2 aromatic rings. The first-order valence-electron chi connectivity index (χ1n) is 12.1. The lowest BCUT2D eigenvalue weighted by Crippen LogP contribution is -2.52. The standard InChI is InChI=1S/C26H34ClN3O6S/c1-18(26(32)28-20-10-6-7-11-20)29(16-19-9-5-8-12-22(19)27)25(31)17-30(37(4,33)34)23-14-13-21(35-2)15-24(23)36-3/h5,8-9,12-15,18,20H,6-7,10-11,16-17H2,1-4H3,(H,28,32)/t18-/m0/s1. The van der Waals surface area contributed by atoms with E-state index in [-0.39, 0.29) is 29.9 Å². The van der Waals surface area contributed by atoms with Crippen LogP contribution in [0, 0.1) is 0 Å². The van der Waals surface area contributed by atoms with Crippen LogP contribution < -0.4 is 19.1 Å². The molecule has 11 heteroatoms. The molecule has 1 fully saturated rings. The molecule has 0 unspecified atom stereocenters. The lowest BCUT2D eigenvalue weighted by atomic mass is 10.1. The summed E-state index contributed by atoms with van der Waals surface area (Å²) in [6, 6.07) is 10.9. The number of carbonyl (C=O) groups excluding carboxylic acids is 2. The van der Waals surface area contributed by atoms with Gasteiger partial charge in [-0.3, -0.25) is 13.9 Å². The fraction of sp³-hybridized carbons (Fsp3) is 0.462. The first-order chi connectivity index (χ1) is 17.5. The highest BCUT2D eigenvalue weighted by molar-refractivity contribution is 7.92. The largest absolute Gasteiger partial charge is 0.497 e. The van der Waals surface area contributed by atoms with E-state index in [9.17, 15) is 18.0 Å². The number of nitrogens with zero attached hydrogens (tertiary/aromatic N) is 2. The van der Waals surface area contributed by atoms with Gasteiger partial charge in [0.05, 0.1) is 26.2 Å². The van der Waals surface area contributed by atoms with Crippen LogP contribution in [0.15, 0.2) is 42.5 Å². The van der Waals surface area contributed by atoms with E-state index >= 15 is 0 Å². The minimum Gasteiger partial charge on any atom is -0.497 e. The molecule has 0 spiro atoms. The molecule has 3 rings (SSSR count). The molecular formula is C26H34ClN3O6S. The van der Waals surface area contributed by atoms with Crippen molar-refractivity contribution in [2.75, 3.05) is 31.3 Å². The number of carbonyl (C=O) groups is 2. The van der Waals surface area contributed by atoms with Gasteiger partial charge in [-0.15, -0.1) is 0 Å². The van der Waals surface area contributed by atoms with Gasteiger partial charge in [-0.05, 0) is 43.5 Å². The molecule has 0 bridgehead atoms. The maximum absolute atomic E-state index is 13.7. The predicted octanol–water partition coefficient (Wildman–Crippen LogP) is 3.60. The number of rotatable bonds is 11. The average Bonchev–Trinajstić information content (AvgIpc) is 3.38. The summed E-state index contributed by atoms with van der Waals surface area (Å²) in [5.74, 6) is -0.155. The van der Waals surface area contributed by atoms with E-state index in [4.69, 9.17) is 21.1 Å². The van der Waals surface area contributed by atoms with Gasteiger partial charge in [0.2, 0.25) is 21.8 Å². The van der Waals surface area contributed by atoms with Crippen molar-refractivity contribution < 1.29 is 27.5 Å². The molecule has 1 aliphatic carbocycles. The molecule has 1 atom stereocenters. The van der Waals surface area contributed by atoms with E-state index < -0.39 is 28.5 Å². The molecule has 202 valence electrons. The number of halogens is 1. The average molecular weight is 552 g/mol. The van der Waals surface area contributed by atoms with Crippen LogP contribution in [0.5, 0.6) is 11.5 Å². The monoisotopic (exact) mass is 551 g/mol. The number of hydrogen-bond acceptors (Lipinski definition) is 6. The van der Waals surface area contributed by atoms with Crippen molar-refractivity contribution in [2.45, 2.75) is 51.2 Å². The highest BCUT2D eigenvalue weighted by atomic mass is 35.5. The van der Waals surface area contributed by atoms with Crippen LogP contribution in [0.25, 0.3) is 0 Å². The van der Waals surface area contributed by atoms with Crippen LogP contribution >= 0.6 is 11.6 Å². The highest BCUT2D eigenvalue weighted by Crippen LogP contribution is 2.34. The van der Waals surface area contributed by atoms with Crippen LogP contribution in [0.1, 0.15) is 38.2 Å². The predicted molar refractivity (Wildman–Crippen MR) is 144 cm³/mol. The van der Waals surface area contributed by atoms with Crippen LogP contribution in [-0.4, -0.2) is 64.2 Å². The van der Waals surface area contributed by atoms with E-state index in [1.165, 1.54) is 31.3 Å². The quantitative estimate of drug-likeness (QED) is 0.457. The Balaban J connectivity index is 1.94. The third-order valence-corrected chi connectivity index (χ3v) is 8.00. The number of anilines is 1. The van der Waals surface area contributed by atoms with E-state index in [0.29, 0.717) is 16.3 Å². The van der Waals surface area contributed by atoms with Crippen LogP contribution in [-0.2, 0) is 26.2 Å². The minimum atomic E-state index is -3.91. The zero-order valence-electron chi connectivity index (χ0n) is 21.6. The number of benzene rings is 2. The Morgan fingerprint density at radius 3 is 2.38 bits per heavy atom. The van der Waals surface area contributed by atoms with Gasteiger partial charge < -0.3 is 19.7 Å². The van der Waals surface area contributed by atoms with Crippen molar-refractivity contribution >= 4 is 39.1 Å². The number of nitrogens with one attached hydrogen (secondary N) is 1. The molecule has 2 amide bonds. The summed E-state index contributed by atoms with van der Waals surface area (Å²) in [5, 5.41) is 3.47. The maximum Gasteiger partial charge on any atom is 0.244 e. The molecule has 2 aromatic carbocycles. The third kappa shape index (κ3) is 7.29. The van der Waals surface area contributed by atoms with Gasteiger partial charge in [-0.1, -0.05) is 42.6 Å². The lowest BCUT2D eigenvalue weighted by molar-refractivity contribution is -0.139. The van der Waals surface area contributed by atoms with E-state index in [0.717, 1.165) is 36.2 Å². The summed E-state index contributed by atoms with van der Waals surface area (Å²) in [6.45, 7) is 1.14. The van der Waals surface area contributed by atoms with Crippen LogP contribution in [0.4, 0.5) is 5.69 Å². The molecule has 1 saturated carbocycles. The second-order valence-corrected chi connectivity index (χ2v) is 11.4. The molecular weight excluding hydrogens is 518 g/mol. The van der Waals surface area contributed by atoms with E-state index in [2.05, 4.69) is 5.32 Å². The molecule has 0 heterocycles. The summed E-state index contributed by atoms with van der Waals surface area (Å²) >= 11 is 6.36. The van der Waals surface area contributed by atoms with Gasteiger partial charge in [0, 0.05) is 23.7 Å².